The van der Waals surface area contributed by atoms with Crippen LogP contribution in [0.15, 0.2) is 36.9 Å². The number of hydrogen-bond acceptors (Lipinski definition) is 4. The number of nitrogens with zero attached hydrogens (tertiary/aromatic N) is 3. The number of halogens is 1. The van der Waals surface area contributed by atoms with Crippen molar-refractivity contribution in [1.29, 1.82) is 0 Å². The zero-order valence-corrected chi connectivity index (χ0v) is 14.6. The molecule has 0 saturated heterocycles. The first-order chi connectivity index (χ1) is 11.5. The average molecular weight is 350 g/mol. The Hall–Kier alpha value is -1.43. The van der Waals surface area contributed by atoms with Crippen molar-refractivity contribution in [2.24, 2.45) is 17.8 Å². The average Bonchev–Trinajstić information content (AvgIpc) is 3.18. The van der Waals surface area contributed by atoms with E-state index in [-0.39, 0.29) is 24.4 Å². The molecular weight excluding hydrogens is 326 g/mol. The van der Waals surface area contributed by atoms with Crippen LogP contribution in [0.4, 0.5) is 0 Å². The fraction of sp³-hybridized carbons (Fsp3) is 0.556. The van der Waals surface area contributed by atoms with Crippen LogP contribution in [0.25, 0.3) is 0 Å². The SMILES string of the molecule is C[C@H](CO)[C@@H]1CC[C@H](Cc2ccc(Cl)cc2)[C@@]1(O)Cn1cncn1. The third-order valence-electron chi connectivity index (χ3n) is 5.43. The summed E-state index contributed by atoms with van der Waals surface area (Å²) in [6, 6.07) is 7.80. The molecule has 4 atom stereocenters. The molecule has 1 heterocycles. The van der Waals surface area contributed by atoms with Crippen molar-refractivity contribution in [3.05, 3.63) is 47.5 Å². The number of aliphatic hydroxyl groups excluding tert-OH is 1. The van der Waals surface area contributed by atoms with Crippen LogP contribution in [0.3, 0.4) is 0 Å². The van der Waals surface area contributed by atoms with Gasteiger partial charge in [-0.2, -0.15) is 5.10 Å². The van der Waals surface area contributed by atoms with Crippen LogP contribution in [0.5, 0.6) is 0 Å². The highest BCUT2D eigenvalue weighted by molar-refractivity contribution is 6.30. The molecule has 130 valence electrons. The molecule has 1 aromatic carbocycles. The fourth-order valence-corrected chi connectivity index (χ4v) is 4.22. The van der Waals surface area contributed by atoms with E-state index in [1.165, 1.54) is 11.9 Å². The van der Waals surface area contributed by atoms with Gasteiger partial charge in [-0.25, -0.2) is 4.98 Å². The monoisotopic (exact) mass is 349 g/mol. The molecule has 1 saturated carbocycles. The third-order valence-corrected chi connectivity index (χ3v) is 5.68. The Labute approximate surface area is 147 Å². The summed E-state index contributed by atoms with van der Waals surface area (Å²) < 4.78 is 1.69. The van der Waals surface area contributed by atoms with Crippen molar-refractivity contribution < 1.29 is 10.2 Å². The zero-order valence-electron chi connectivity index (χ0n) is 13.8. The van der Waals surface area contributed by atoms with Crippen LogP contribution in [-0.4, -0.2) is 37.2 Å². The van der Waals surface area contributed by atoms with E-state index in [1.54, 1.807) is 11.0 Å². The highest BCUT2D eigenvalue weighted by atomic mass is 35.5. The van der Waals surface area contributed by atoms with E-state index in [2.05, 4.69) is 10.1 Å². The van der Waals surface area contributed by atoms with E-state index in [0.29, 0.717) is 6.54 Å². The molecule has 2 aromatic rings. The van der Waals surface area contributed by atoms with Crippen molar-refractivity contribution >= 4 is 11.6 Å². The molecule has 0 spiro atoms. The van der Waals surface area contributed by atoms with E-state index < -0.39 is 5.60 Å². The molecule has 1 aliphatic rings. The van der Waals surface area contributed by atoms with E-state index in [0.717, 1.165) is 24.3 Å². The zero-order chi connectivity index (χ0) is 17.2. The van der Waals surface area contributed by atoms with Crippen molar-refractivity contribution in [2.45, 2.75) is 38.3 Å². The molecule has 5 nitrogen and oxygen atoms in total. The first-order valence-electron chi connectivity index (χ1n) is 8.43. The number of hydrogen-bond donors (Lipinski definition) is 2. The number of rotatable bonds is 6. The van der Waals surface area contributed by atoms with Gasteiger partial charge in [0.15, 0.2) is 0 Å². The minimum atomic E-state index is -0.907. The van der Waals surface area contributed by atoms with Gasteiger partial charge in [0.05, 0.1) is 12.1 Å². The molecule has 2 N–H and O–H groups in total. The standard InChI is InChI=1S/C18H24ClN3O2/c1-13(9-23)17-7-4-15(8-14-2-5-16(19)6-3-14)18(17,24)10-22-12-20-11-21-22/h2-3,5-6,11-13,15,17,23-24H,4,7-10H2,1H3/t13-,15-,17+,18+/m1/s1. The number of aromatic nitrogens is 3. The lowest BCUT2D eigenvalue weighted by Gasteiger charge is -2.38. The lowest BCUT2D eigenvalue weighted by Crippen LogP contribution is -2.47. The Morgan fingerprint density at radius 1 is 1.33 bits per heavy atom. The van der Waals surface area contributed by atoms with Gasteiger partial charge >= 0.3 is 0 Å². The van der Waals surface area contributed by atoms with Crippen LogP contribution in [-0.2, 0) is 13.0 Å². The van der Waals surface area contributed by atoms with Gasteiger partial charge in [0.1, 0.15) is 12.7 Å². The maximum Gasteiger partial charge on any atom is 0.137 e. The molecule has 0 aliphatic heterocycles. The van der Waals surface area contributed by atoms with Gasteiger partial charge < -0.3 is 10.2 Å². The van der Waals surface area contributed by atoms with Crippen molar-refractivity contribution in [3.63, 3.8) is 0 Å². The molecule has 6 heteroatoms. The Morgan fingerprint density at radius 3 is 2.71 bits per heavy atom. The quantitative estimate of drug-likeness (QED) is 0.840. The predicted octanol–water partition coefficient (Wildman–Crippen LogP) is 2.56. The summed E-state index contributed by atoms with van der Waals surface area (Å²) in [7, 11) is 0. The van der Waals surface area contributed by atoms with Gasteiger partial charge in [-0.3, -0.25) is 4.68 Å². The summed E-state index contributed by atoms with van der Waals surface area (Å²) in [6.07, 6.45) is 5.75. The van der Waals surface area contributed by atoms with Crippen LogP contribution in [0, 0.1) is 17.8 Å². The first kappa shape index (κ1) is 17.4. The normalized spacial score (nSPS) is 28.2. The minimum Gasteiger partial charge on any atom is -0.396 e. The summed E-state index contributed by atoms with van der Waals surface area (Å²) in [5.74, 6) is 0.208. The van der Waals surface area contributed by atoms with E-state index in [4.69, 9.17) is 11.6 Å². The molecule has 0 amide bonds. The summed E-state index contributed by atoms with van der Waals surface area (Å²) in [5, 5.41) is 26.1. The highest BCUT2D eigenvalue weighted by Crippen LogP contribution is 2.46. The molecule has 1 aromatic heterocycles. The van der Waals surface area contributed by atoms with E-state index in [1.807, 2.05) is 31.2 Å². The second-order valence-corrected chi connectivity index (χ2v) is 7.39. The summed E-state index contributed by atoms with van der Waals surface area (Å²) >= 11 is 5.97. The molecule has 1 aliphatic carbocycles. The fourth-order valence-electron chi connectivity index (χ4n) is 4.09. The van der Waals surface area contributed by atoms with Crippen molar-refractivity contribution in [1.82, 2.24) is 14.8 Å². The maximum atomic E-state index is 11.6. The highest BCUT2D eigenvalue weighted by Gasteiger charge is 2.50. The topological polar surface area (TPSA) is 71.2 Å². The number of aliphatic hydroxyl groups is 2. The second-order valence-electron chi connectivity index (χ2n) is 6.96. The van der Waals surface area contributed by atoms with Crippen LogP contribution in [0.2, 0.25) is 5.02 Å². The summed E-state index contributed by atoms with van der Waals surface area (Å²) in [4.78, 5) is 3.98. The first-order valence-corrected chi connectivity index (χ1v) is 8.81. The Bertz CT molecular complexity index is 647. The maximum absolute atomic E-state index is 11.6. The Balaban J connectivity index is 1.84. The predicted molar refractivity (Wildman–Crippen MR) is 92.6 cm³/mol. The smallest absolute Gasteiger partial charge is 0.137 e. The van der Waals surface area contributed by atoms with Crippen molar-refractivity contribution in [2.75, 3.05) is 6.61 Å². The molecule has 1 fully saturated rings. The van der Waals surface area contributed by atoms with Gasteiger partial charge in [0, 0.05) is 11.6 Å². The molecule has 0 unspecified atom stereocenters. The molecule has 3 rings (SSSR count). The van der Waals surface area contributed by atoms with E-state index >= 15 is 0 Å². The lowest BCUT2D eigenvalue weighted by molar-refractivity contribution is -0.0748. The van der Waals surface area contributed by atoms with Crippen molar-refractivity contribution in [3.8, 4) is 0 Å². The van der Waals surface area contributed by atoms with Crippen LogP contribution >= 0.6 is 11.6 Å². The summed E-state index contributed by atoms with van der Waals surface area (Å²) in [6.45, 7) is 2.49. The lowest BCUT2D eigenvalue weighted by atomic mass is 9.76. The summed E-state index contributed by atoms with van der Waals surface area (Å²) in [5.41, 5.74) is 0.258. The van der Waals surface area contributed by atoms with Gasteiger partial charge in [-0.1, -0.05) is 30.7 Å². The number of benzene rings is 1. The molecular formula is C18H24ClN3O2. The van der Waals surface area contributed by atoms with Gasteiger partial charge in [-0.05, 0) is 54.7 Å². The van der Waals surface area contributed by atoms with Gasteiger partial charge in [0.2, 0.25) is 0 Å². The van der Waals surface area contributed by atoms with Crippen LogP contribution < -0.4 is 0 Å². The molecule has 0 bridgehead atoms. The van der Waals surface area contributed by atoms with Crippen LogP contribution in [0.1, 0.15) is 25.3 Å². The second kappa shape index (κ2) is 7.21. The van der Waals surface area contributed by atoms with Gasteiger partial charge in [0.25, 0.3) is 0 Å². The third kappa shape index (κ3) is 3.48. The Kier molecular flexibility index (Phi) is 5.23. The molecule has 0 radical (unpaired) electrons. The Morgan fingerprint density at radius 2 is 2.08 bits per heavy atom. The van der Waals surface area contributed by atoms with E-state index in [9.17, 15) is 10.2 Å². The van der Waals surface area contributed by atoms with Gasteiger partial charge in [-0.15, -0.1) is 0 Å². The molecule has 24 heavy (non-hydrogen) atoms. The minimum absolute atomic E-state index is 0.0454. The largest absolute Gasteiger partial charge is 0.396 e.